The average molecular weight is 270 g/mol. The highest BCUT2D eigenvalue weighted by Gasteiger charge is 2.14. The van der Waals surface area contributed by atoms with E-state index in [1.165, 1.54) is 0 Å². The molecule has 18 heavy (non-hydrogen) atoms. The Hall–Kier alpha value is -1.89. The first-order chi connectivity index (χ1) is 8.56. The van der Waals surface area contributed by atoms with Gasteiger partial charge in [-0.25, -0.2) is 13.6 Å². The first-order valence-electron chi connectivity index (χ1n) is 4.97. The summed E-state index contributed by atoms with van der Waals surface area (Å²) in [5.74, 6) is -2.03. The fourth-order valence-electron chi connectivity index (χ4n) is 1.33. The second-order valence-corrected chi connectivity index (χ2v) is 4.30. The molecule has 0 fully saturated rings. The maximum Gasteiger partial charge on any atom is 0.352 e. The number of carbonyl (C=O) groups is 1. The van der Waals surface area contributed by atoms with Gasteiger partial charge in [-0.15, -0.1) is 5.10 Å². The Bertz CT molecular complexity index is 566. The van der Waals surface area contributed by atoms with Gasteiger partial charge in [0.05, 0.1) is 5.69 Å². The van der Waals surface area contributed by atoms with E-state index < -0.39 is 17.6 Å². The third kappa shape index (κ3) is 2.86. The van der Waals surface area contributed by atoms with Crippen LogP contribution in [0.2, 0.25) is 0 Å². The van der Waals surface area contributed by atoms with Crippen LogP contribution in [0.1, 0.15) is 20.9 Å². The van der Waals surface area contributed by atoms with Gasteiger partial charge in [0.1, 0.15) is 18.2 Å². The van der Waals surface area contributed by atoms with Crippen LogP contribution in [0.3, 0.4) is 0 Å². The normalized spacial score (nSPS) is 10.4. The lowest BCUT2D eigenvalue weighted by molar-refractivity contribution is 0.0476. The number of ether oxygens (including phenoxy) is 1. The van der Waals surface area contributed by atoms with Crippen LogP contribution in [0.5, 0.6) is 0 Å². The highest BCUT2D eigenvalue weighted by Crippen LogP contribution is 2.13. The SMILES string of the molecule is Cc1nnsc1C(=O)OCc1cc(F)cc(F)c1. The predicted molar refractivity (Wildman–Crippen MR) is 60.1 cm³/mol. The summed E-state index contributed by atoms with van der Waals surface area (Å²) in [4.78, 5) is 11.9. The Kier molecular flexibility index (Phi) is 3.61. The van der Waals surface area contributed by atoms with Crippen LogP contribution in [-0.2, 0) is 11.3 Å². The molecule has 94 valence electrons. The van der Waals surface area contributed by atoms with Crippen molar-refractivity contribution in [2.24, 2.45) is 0 Å². The maximum atomic E-state index is 12.9. The van der Waals surface area contributed by atoms with Gasteiger partial charge < -0.3 is 4.74 Å². The molecule has 0 bridgehead atoms. The minimum atomic E-state index is -0.711. The molecule has 0 amide bonds. The molecule has 1 heterocycles. The summed E-state index contributed by atoms with van der Waals surface area (Å²) in [5.41, 5.74) is 0.714. The monoisotopic (exact) mass is 270 g/mol. The fourth-order valence-corrected chi connectivity index (χ4v) is 1.88. The van der Waals surface area contributed by atoms with E-state index in [9.17, 15) is 13.6 Å². The van der Waals surface area contributed by atoms with Gasteiger partial charge >= 0.3 is 5.97 Å². The molecule has 4 nitrogen and oxygen atoms in total. The molecule has 0 N–H and O–H groups in total. The summed E-state index contributed by atoms with van der Waals surface area (Å²) in [5, 5.41) is 3.67. The molecular formula is C11H8F2N2O2S. The molecule has 0 atom stereocenters. The minimum Gasteiger partial charge on any atom is -0.457 e. The standard InChI is InChI=1S/C11H8F2N2O2S/c1-6-10(18-15-14-6)11(16)17-5-7-2-8(12)4-9(13)3-7/h2-4H,5H2,1H3. The maximum absolute atomic E-state index is 12.9. The Morgan fingerprint density at radius 2 is 2.00 bits per heavy atom. The Labute approximate surface area is 105 Å². The van der Waals surface area contributed by atoms with Crippen molar-refractivity contribution in [2.45, 2.75) is 13.5 Å². The van der Waals surface area contributed by atoms with Crippen LogP contribution < -0.4 is 0 Å². The summed E-state index contributed by atoms with van der Waals surface area (Å²) in [6, 6.07) is 2.96. The van der Waals surface area contributed by atoms with Crippen molar-refractivity contribution < 1.29 is 18.3 Å². The lowest BCUT2D eigenvalue weighted by atomic mass is 10.2. The molecule has 1 aromatic carbocycles. The van der Waals surface area contributed by atoms with Gasteiger partial charge in [0.25, 0.3) is 0 Å². The zero-order valence-electron chi connectivity index (χ0n) is 9.31. The molecular weight excluding hydrogens is 262 g/mol. The van der Waals surface area contributed by atoms with Crippen LogP contribution in [0.4, 0.5) is 8.78 Å². The van der Waals surface area contributed by atoms with E-state index in [1.54, 1.807) is 6.92 Å². The van der Waals surface area contributed by atoms with Crippen molar-refractivity contribution in [3.8, 4) is 0 Å². The number of halogens is 2. The quantitative estimate of drug-likeness (QED) is 0.804. The number of hydrogen-bond acceptors (Lipinski definition) is 5. The van der Waals surface area contributed by atoms with Crippen molar-refractivity contribution >= 4 is 17.5 Å². The number of carbonyl (C=O) groups excluding carboxylic acids is 1. The fraction of sp³-hybridized carbons (Fsp3) is 0.182. The van der Waals surface area contributed by atoms with E-state index in [4.69, 9.17) is 4.74 Å². The second kappa shape index (κ2) is 5.18. The summed E-state index contributed by atoms with van der Waals surface area (Å²) >= 11 is 0.915. The van der Waals surface area contributed by atoms with E-state index in [0.717, 1.165) is 29.7 Å². The van der Waals surface area contributed by atoms with Gasteiger partial charge in [0.15, 0.2) is 4.88 Å². The number of hydrogen-bond donors (Lipinski definition) is 0. The smallest absolute Gasteiger partial charge is 0.352 e. The van der Waals surface area contributed by atoms with E-state index in [1.807, 2.05) is 0 Å². The Morgan fingerprint density at radius 3 is 2.56 bits per heavy atom. The minimum absolute atomic E-state index is 0.204. The average Bonchev–Trinajstić information content (AvgIpc) is 2.71. The number of aromatic nitrogens is 2. The molecule has 0 aliphatic carbocycles. The molecule has 1 aromatic heterocycles. The zero-order chi connectivity index (χ0) is 13.1. The highest BCUT2D eigenvalue weighted by atomic mass is 32.1. The summed E-state index contributed by atoms with van der Waals surface area (Å²) in [6.45, 7) is 1.42. The molecule has 2 aromatic rings. The van der Waals surface area contributed by atoms with Gasteiger partial charge in [-0.3, -0.25) is 0 Å². The summed E-state index contributed by atoms with van der Waals surface area (Å²) in [6.07, 6.45) is 0. The zero-order valence-corrected chi connectivity index (χ0v) is 10.1. The van der Waals surface area contributed by atoms with Crippen LogP contribution >= 0.6 is 11.5 Å². The van der Waals surface area contributed by atoms with E-state index in [0.29, 0.717) is 5.69 Å². The molecule has 2 rings (SSSR count). The summed E-state index contributed by atoms with van der Waals surface area (Å²) in [7, 11) is 0. The molecule has 0 saturated carbocycles. The Morgan fingerprint density at radius 1 is 1.33 bits per heavy atom. The van der Waals surface area contributed by atoms with Crippen LogP contribution in [0.25, 0.3) is 0 Å². The van der Waals surface area contributed by atoms with Gasteiger partial charge in [-0.05, 0) is 36.2 Å². The number of benzene rings is 1. The highest BCUT2D eigenvalue weighted by molar-refractivity contribution is 7.07. The third-order valence-corrected chi connectivity index (χ3v) is 2.94. The predicted octanol–water partition coefficient (Wildman–Crippen LogP) is 2.48. The van der Waals surface area contributed by atoms with Crippen LogP contribution in [-0.4, -0.2) is 15.6 Å². The van der Waals surface area contributed by atoms with Gasteiger partial charge in [0.2, 0.25) is 0 Å². The van der Waals surface area contributed by atoms with E-state index >= 15 is 0 Å². The third-order valence-electron chi connectivity index (χ3n) is 2.13. The lowest BCUT2D eigenvalue weighted by Crippen LogP contribution is -2.05. The van der Waals surface area contributed by atoms with Gasteiger partial charge in [-0.1, -0.05) is 4.49 Å². The molecule has 0 radical (unpaired) electrons. The number of esters is 1. The largest absolute Gasteiger partial charge is 0.457 e. The number of nitrogens with zero attached hydrogens (tertiary/aromatic N) is 2. The molecule has 0 saturated heterocycles. The molecule has 7 heteroatoms. The van der Waals surface area contributed by atoms with Crippen LogP contribution in [0.15, 0.2) is 18.2 Å². The first kappa shape index (κ1) is 12.6. The molecule has 0 aliphatic rings. The van der Waals surface area contributed by atoms with Crippen LogP contribution in [0, 0.1) is 18.6 Å². The van der Waals surface area contributed by atoms with Crippen molar-refractivity contribution in [2.75, 3.05) is 0 Å². The lowest BCUT2D eigenvalue weighted by Gasteiger charge is -2.04. The van der Waals surface area contributed by atoms with Gasteiger partial charge in [0, 0.05) is 6.07 Å². The summed E-state index contributed by atoms with van der Waals surface area (Å²) < 4.78 is 34.3. The van der Waals surface area contributed by atoms with Crippen molar-refractivity contribution in [3.05, 3.63) is 46.0 Å². The van der Waals surface area contributed by atoms with Crippen molar-refractivity contribution in [1.29, 1.82) is 0 Å². The topological polar surface area (TPSA) is 52.1 Å². The molecule has 0 spiro atoms. The van der Waals surface area contributed by atoms with Gasteiger partial charge in [-0.2, -0.15) is 0 Å². The van der Waals surface area contributed by atoms with Crippen molar-refractivity contribution in [1.82, 2.24) is 9.59 Å². The Balaban J connectivity index is 2.04. The first-order valence-corrected chi connectivity index (χ1v) is 5.74. The molecule has 0 aliphatic heterocycles. The molecule has 0 unspecified atom stereocenters. The number of aryl methyl sites for hydroxylation is 1. The number of rotatable bonds is 3. The van der Waals surface area contributed by atoms with E-state index in [2.05, 4.69) is 9.59 Å². The van der Waals surface area contributed by atoms with E-state index in [-0.39, 0.29) is 17.0 Å². The second-order valence-electron chi connectivity index (χ2n) is 3.54. The van der Waals surface area contributed by atoms with Crippen molar-refractivity contribution in [3.63, 3.8) is 0 Å².